The lowest BCUT2D eigenvalue weighted by Crippen LogP contribution is -2.32. The van der Waals surface area contributed by atoms with E-state index >= 15 is 0 Å². The Morgan fingerprint density at radius 1 is 0.707 bits per heavy atom. The van der Waals surface area contributed by atoms with Crippen LogP contribution in [0.15, 0.2) is 172 Å². The highest BCUT2D eigenvalue weighted by Gasteiger charge is 2.33. The standard InChI is InChI=1S/C50H44N2O3S3/c1-50(2)32-34(19-24-45-48(53)52(49(56)57-45)26-28-55-44-18-9-15-37-12-5-7-16-41(37)44)29-35(33-50)30-46-51(43-23-21-38-13-6-8-17-42(38)47(43)58-46)25-10-27-54-40-22-20-36-11-3-4-14-39(36)31-40/h3-9,11-24,29-31H,10,25-28,32-33H2,1-2H3/b34-19-,45-24?,46-30-. The second-order valence-electron chi connectivity index (χ2n) is 15.7. The number of hydrogen-bond acceptors (Lipinski definition) is 7. The smallest absolute Gasteiger partial charge is 0.266 e. The van der Waals surface area contributed by atoms with E-state index in [1.807, 2.05) is 42.1 Å². The van der Waals surface area contributed by atoms with E-state index in [4.69, 9.17) is 21.7 Å². The van der Waals surface area contributed by atoms with Gasteiger partial charge in [0.2, 0.25) is 0 Å². The molecule has 1 saturated heterocycles. The molecule has 0 N–H and O–H groups in total. The normalized spacial score (nSPS) is 18.6. The summed E-state index contributed by atoms with van der Waals surface area (Å²) in [6.45, 7) is 6.87. The monoisotopic (exact) mass is 816 g/mol. The van der Waals surface area contributed by atoms with Crippen molar-refractivity contribution in [3.8, 4) is 11.5 Å². The van der Waals surface area contributed by atoms with Crippen molar-refractivity contribution < 1.29 is 14.3 Å². The van der Waals surface area contributed by atoms with Crippen LogP contribution in [0.4, 0.5) is 5.69 Å². The fourth-order valence-electron chi connectivity index (χ4n) is 8.16. The summed E-state index contributed by atoms with van der Waals surface area (Å²) in [7, 11) is 0. The molecular formula is C50H44N2O3S3. The van der Waals surface area contributed by atoms with Crippen molar-refractivity contribution in [2.75, 3.05) is 31.2 Å². The van der Waals surface area contributed by atoms with E-state index in [9.17, 15) is 4.79 Å². The highest BCUT2D eigenvalue weighted by atomic mass is 32.2. The molecule has 2 heterocycles. The van der Waals surface area contributed by atoms with Crippen LogP contribution in [-0.4, -0.2) is 41.4 Å². The SMILES string of the molecule is CC1(C)CC(/C=C2\Sc3c(ccc4ccccc34)N2CCCOc2ccc3ccccc3c2)=CC(=C/C=C2SC(=S)N(CCOc3cccc4ccccc34)C2=O)/C1. The largest absolute Gasteiger partial charge is 0.494 e. The summed E-state index contributed by atoms with van der Waals surface area (Å²) in [5, 5.41) is 8.34. The fourth-order valence-corrected chi connectivity index (χ4v) is 10.7. The molecule has 0 spiro atoms. The van der Waals surface area contributed by atoms with Gasteiger partial charge in [-0.3, -0.25) is 9.69 Å². The molecule has 0 radical (unpaired) electrons. The number of fused-ring (bicyclic) bond motifs is 5. The van der Waals surface area contributed by atoms with Gasteiger partial charge in [0.25, 0.3) is 5.91 Å². The highest BCUT2D eigenvalue weighted by Crippen LogP contribution is 2.51. The molecule has 0 unspecified atom stereocenters. The predicted octanol–water partition coefficient (Wildman–Crippen LogP) is 12.9. The summed E-state index contributed by atoms with van der Waals surface area (Å²) in [5.41, 5.74) is 3.79. The number of allylic oxidation sites excluding steroid dienone is 6. The molecule has 0 saturated carbocycles. The predicted molar refractivity (Wildman–Crippen MR) is 248 cm³/mol. The molecule has 8 heteroatoms. The van der Waals surface area contributed by atoms with Gasteiger partial charge in [-0.15, -0.1) is 0 Å². The average Bonchev–Trinajstić information content (AvgIpc) is 3.72. The van der Waals surface area contributed by atoms with Gasteiger partial charge < -0.3 is 14.4 Å². The third-order valence-electron chi connectivity index (χ3n) is 10.8. The second-order valence-corrected chi connectivity index (χ2v) is 18.4. The summed E-state index contributed by atoms with van der Waals surface area (Å²) in [6.07, 6.45) is 11.5. The third kappa shape index (κ3) is 8.19. The maximum Gasteiger partial charge on any atom is 0.266 e. The quantitative estimate of drug-likeness (QED) is 0.0733. The average molecular weight is 817 g/mol. The molecule has 2 aliphatic heterocycles. The maximum absolute atomic E-state index is 13.6. The Morgan fingerprint density at radius 3 is 2.28 bits per heavy atom. The van der Waals surface area contributed by atoms with Gasteiger partial charge in [-0.1, -0.05) is 159 Å². The number of anilines is 1. The van der Waals surface area contributed by atoms with Crippen LogP contribution in [0.3, 0.4) is 0 Å². The second kappa shape index (κ2) is 16.5. The summed E-state index contributed by atoms with van der Waals surface area (Å²) in [5.74, 6) is 1.64. The van der Waals surface area contributed by atoms with E-state index < -0.39 is 0 Å². The van der Waals surface area contributed by atoms with Gasteiger partial charge in [0.1, 0.15) is 22.4 Å². The zero-order chi connectivity index (χ0) is 39.6. The van der Waals surface area contributed by atoms with E-state index in [0.29, 0.717) is 29.0 Å². The van der Waals surface area contributed by atoms with Crippen molar-refractivity contribution in [2.24, 2.45) is 5.41 Å². The van der Waals surface area contributed by atoms with E-state index in [1.165, 1.54) is 60.1 Å². The van der Waals surface area contributed by atoms with Crippen LogP contribution in [0.1, 0.15) is 33.1 Å². The Kier molecular flexibility index (Phi) is 10.9. The first-order chi connectivity index (χ1) is 28.3. The lowest BCUT2D eigenvalue weighted by molar-refractivity contribution is -0.122. The van der Waals surface area contributed by atoms with Crippen LogP contribution in [0.2, 0.25) is 0 Å². The van der Waals surface area contributed by atoms with Crippen molar-refractivity contribution in [1.82, 2.24) is 4.90 Å². The number of thiocarbonyl (C=S) groups is 1. The minimum absolute atomic E-state index is 0.0555. The van der Waals surface area contributed by atoms with Gasteiger partial charge in [-0.25, -0.2) is 0 Å². The van der Waals surface area contributed by atoms with Crippen LogP contribution in [0.5, 0.6) is 11.5 Å². The molecule has 1 aliphatic carbocycles. The van der Waals surface area contributed by atoms with Crippen molar-refractivity contribution in [3.63, 3.8) is 0 Å². The Morgan fingerprint density at radius 2 is 1.43 bits per heavy atom. The Balaban J connectivity index is 0.916. The molecular weight excluding hydrogens is 773 g/mol. The zero-order valence-corrected chi connectivity index (χ0v) is 35.1. The first-order valence-corrected chi connectivity index (χ1v) is 21.9. The highest BCUT2D eigenvalue weighted by molar-refractivity contribution is 8.26. The molecule has 1 amide bonds. The van der Waals surface area contributed by atoms with Crippen molar-refractivity contribution in [3.05, 3.63) is 167 Å². The lowest BCUT2D eigenvalue weighted by atomic mass is 9.75. The van der Waals surface area contributed by atoms with Crippen LogP contribution in [-0.2, 0) is 4.79 Å². The van der Waals surface area contributed by atoms with Crippen LogP contribution in [0.25, 0.3) is 32.3 Å². The van der Waals surface area contributed by atoms with Gasteiger partial charge >= 0.3 is 0 Å². The number of rotatable bonds is 11. The van der Waals surface area contributed by atoms with E-state index in [2.05, 4.69) is 134 Å². The van der Waals surface area contributed by atoms with Gasteiger partial charge in [0.15, 0.2) is 0 Å². The Bertz CT molecular complexity index is 2710. The van der Waals surface area contributed by atoms with Crippen LogP contribution >= 0.6 is 35.7 Å². The van der Waals surface area contributed by atoms with E-state index in [-0.39, 0.29) is 11.3 Å². The molecule has 6 aromatic carbocycles. The number of hydrogen-bond donors (Lipinski definition) is 0. The molecule has 0 atom stereocenters. The number of carbonyl (C=O) groups is 1. The lowest BCUT2D eigenvalue weighted by Gasteiger charge is -2.31. The van der Waals surface area contributed by atoms with Gasteiger partial charge in [-0.05, 0) is 99.2 Å². The Labute approximate surface area is 354 Å². The van der Waals surface area contributed by atoms with Crippen molar-refractivity contribution in [1.29, 1.82) is 0 Å². The molecule has 290 valence electrons. The first-order valence-electron chi connectivity index (χ1n) is 19.8. The van der Waals surface area contributed by atoms with E-state index in [1.54, 1.807) is 4.90 Å². The molecule has 58 heavy (non-hydrogen) atoms. The van der Waals surface area contributed by atoms with Gasteiger partial charge in [0, 0.05) is 16.8 Å². The van der Waals surface area contributed by atoms with E-state index in [0.717, 1.165) is 48.1 Å². The number of carbonyl (C=O) groups excluding carboxylic acids is 1. The number of benzene rings is 6. The van der Waals surface area contributed by atoms with Crippen molar-refractivity contribution >= 4 is 84.0 Å². The summed E-state index contributed by atoms with van der Waals surface area (Å²) >= 11 is 8.90. The van der Waals surface area contributed by atoms with Crippen LogP contribution < -0.4 is 14.4 Å². The molecule has 6 aromatic rings. The number of thioether (sulfide) groups is 2. The third-order valence-corrected chi connectivity index (χ3v) is 13.4. The number of ether oxygens (including phenoxy) is 2. The van der Waals surface area contributed by atoms with Crippen LogP contribution in [0, 0.1) is 5.41 Å². The summed E-state index contributed by atoms with van der Waals surface area (Å²) in [6, 6.07) is 42.0. The molecule has 0 bridgehead atoms. The molecule has 9 rings (SSSR count). The topological polar surface area (TPSA) is 42.0 Å². The Hall–Kier alpha value is -5.28. The molecule has 5 nitrogen and oxygen atoms in total. The number of nitrogens with zero attached hydrogens (tertiary/aromatic N) is 2. The molecule has 0 aromatic heterocycles. The molecule has 3 aliphatic rings. The summed E-state index contributed by atoms with van der Waals surface area (Å²) in [4.78, 5) is 19.6. The number of amides is 1. The minimum Gasteiger partial charge on any atom is -0.494 e. The minimum atomic E-state index is -0.0673. The van der Waals surface area contributed by atoms with Gasteiger partial charge in [-0.2, -0.15) is 0 Å². The summed E-state index contributed by atoms with van der Waals surface area (Å²) < 4.78 is 13.0. The van der Waals surface area contributed by atoms with Crippen molar-refractivity contribution in [2.45, 2.75) is 38.0 Å². The fraction of sp³-hybridized carbons (Fsp3) is 0.200. The maximum atomic E-state index is 13.6. The zero-order valence-electron chi connectivity index (χ0n) is 32.7. The molecule has 1 fully saturated rings. The first kappa shape index (κ1) is 38.2. The van der Waals surface area contributed by atoms with Gasteiger partial charge in [0.05, 0.1) is 28.8 Å².